The maximum atomic E-state index is 13.1. The van der Waals surface area contributed by atoms with Crippen LogP contribution in [0, 0.1) is 11.3 Å². The normalized spacial score (nSPS) is 33.2. The Hall–Kier alpha value is -1.31. The van der Waals surface area contributed by atoms with Crippen molar-refractivity contribution in [2.45, 2.75) is 18.9 Å². The van der Waals surface area contributed by atoms with Crippen LogP contribution in [0.2, 0.25) is 0 Å². The first kappa shape index (κ1) is 15.9. The molecule has 128 valence electrons. The van der Waals surface area contributed by atoms with Crippen LogP contribution in [-0.4, -0.2) is 46.5 Å². The van der Waals surface area contributed by atoms with Crippen molar-refractivity contribution < 1.29 is 9.90 Å². The van der Waals surface area contributed by atoms with Crippen LogP contribution in [0.3, 0.4) is 0 Å². The number of fused-ring (bicyclic) bond motifs is 3. The first-order valence-corrected chi connectivity index (χ1v) is 9.89. The predicted molar refractivity (Wildman–Crippen MR) is 103 cm³/mol. The van der Waals surface area contributed by atoms with Gasteiger partial charge in [0.1, 0.15) is 6.10 Å². The van der Waals surface area contributed by atoms with Crippen LogP contribution in [0.5, 0.6) is 0 Å². The zero-order valence-electron chi connectivity index (χ0n) is 13.2. The Morgan fingerprint density at radius 2 is 1.88 bits per heavy atom. The third-order valence-electron chi connectivity index (χ3n) is 5.59. The van der Waals surface area contributed by atoms with Gasteiger partial charge in [-0.1, -0.05) is 44.0 Å². The van der Waals surface area contributed by atoms with Gasteiger partial charge >= 0.3 is 0 Å². The number of aromatic nitrogens is 1. The summed E-state index contributed by atoms with van der Waals surface area (Å²) in [5, 5.41) is 10.2. The topological polar surface area (TPSA) is 77.8 Å². The largest absolute Gasteiger partial charge is 0.383 e. The number of aliphatic hydroxyl groups is 1. The molecule has 0 aromatic carbocycles. The average molecular weight is 465 g/mol. The summed E-state index contributed by atoms with van der Waals surface area (Å²) >= 11 is 7.00. The summed E-state index contributed by atoms with van der Waals surface area (Å²) in [7, 11) is 0. The van der Waals surface area contributed by atoms with Crippen molar-refractivity contribution in [3.8, 4) is 0 Å². The molecular weight excluding hydrogens is 450 g/mol. The second-order valence-corrected chi connectivity index (χ2v) is 8.76. The van der Waals surface area contributed by atoms with Gasteiger partial charge in [-0.3, -0.25) is 14.8 Å². The Morgan fingerprint density at radius 3 is 2.64 bits per heavy atom. The summed E-state index contributed by atoms with van der Waals surface area (Å²) in [6, 6.07) is 0. The number of aromatic amines is 1. The number of aliphatic hydroxyl groups excluding tert-OH is 1. The molecule has 25 heavy (non-hydrogen) atoms. The van der Waals surface area contributed by atoms with E-state index in [2.05, 4.69) is 41.8 Å². The molecule has 1 aromatic rings. The molecule has 0 saturated heterocycles. The number of nitrogens with zero attached hydrogens (tertiary/aromatic N) is 2. The second kappa shape index (κ2) is 5.34. The SMILES string of the molecule is O=C1C2=NCCC3(C=C(Br)C(O)C(Br)=C3)C2C2=NCCc3c[nH]c1c32. The molecule has 3 heterocycles. The van der Waals surface area contributed by atoms with E-state index in [1.165, 1.54) is 0 Å². The quantitative estimate of drug-likeness (QED) is 0.619. The predicted octanol–water partition coefficient (Wildman–Crippen LogP) is 2.94. The molecule has 1 spiro atoms. The number of allylic oxidation sites excluding steroid dienone is 2. The molecule has 0 saturated carbocycles. The summed E-state index contributed by atoms with van der Waals surface area (Å²) in [5.74, 6) is -0.227. The van der Waals surface area contributed by atoms with Gasteiger partial charge in [-0.15, -0.1) is 0 Å². The summed E-state index contributed by atoms with van der Waals surface area (Å²) < 4.78 is 1.43. The second-order valence-electron chi connectivity index (χ2n) is 6.93. The van der Waals surface area contributed by atoms with Crippen LogP contribution in [0.1, 0.15) is 28.0 Å². The lowest BCUT2D eigenvalue weighted by Crippen LogP contribution is -2.51. The molecule has 5 nitrogen and oxygen atoms in total. The van der Waals surface area contributed by atoms with E-state index in [-0.39, 0.29) is 11.7 Å². The lowest BCUT2D eigenvalue weighted by molar-refractivity contribution is 0.105. The average Bonchev–Trinajstić information content (AvgIpc) is 3.03. The number of ketones is 1. The number of aliphatic imine (C=N–C) groups is 2. The number of rotatable bonds is 0. The number of carbonyl (C=O) groups excluding carboxylic acids is 1. The van der Waals surface area contributed by atoms with Crippen LogP contribution in [-0.2, 0) is 6.42 Å². The molecule has 5 rings (SSSR count). The van der Waals surface area contributed by atoms with Crippen molar-refractivity contribution in [2.24, 2.45) is 21.3 Å². The highest BCUT2D eigenvalue weighted by molar-refractivity contribution is 9.12. The van der Waals surface area contributed by atoms with E-state index < -0.39 is 11.5 Å². The van der Waals surface area contributed by atoms with Crippen LogP contribution in [0.4, 0.5) is 0 Å². The highest BCUT2D eigenvalue weighted by atomic mass is 79.9. The maximum Gasteiger partial charge on any atom is 0.224 e. The minimum absolute atomic E-state index is 0.0219. The Bertz CT molecular complexity index is 918. The Morgan fingerprint density at radius 1 is 1.16 bits per heavy atom. The lowest BCUT2D eigenvalue weighted by atomic mass is 9.61. The van der Waals surface area contributed by atoms with Crippen LogP contribution < -0.4 is 0 Å². The zero-order chi connectivity index (χ0) is 17.3. The summed E-state index contributed by atoms with van der Waals surface area (Å²) in [5.41, 5.74) is 3.89. The number of H-pyrrole nitrogens is 1. The van der Waals surface area contributed by atoms with Gasteiger partial charge in [0, 0.05) is 39.2 Å². The number of carbonyl (C=O) groups is 1. The van der Waals surface area contributed by atoms with E-state index in [1.54, 1.807) is 0 Å². The van der Waals surface area contributed by atoms with Gasteiger partial charge in [-0.05, 0) is 18.4 Å². The van der Waals surface area contributed by atoms with Crippen LogP contribution in [0.15, 0.2) is 37.3 Å². The fraction of sp³-hybridized carbons (Fsp3) is 0.389. The number of halogens is 2. The summed E-state index contributed by atoms with van der Waals surface area (Å²) in [6.07, 6.45) is 6.96. The molecule has 2 N–H and O–H groups in total. The van der Waals surface area contributed by atoms with Gasteiger partial charge in [0.05, 0.1) is 23.0 Å². The van der Waals surface area contributed by atoms with E-state index in [1.807, 2.05) is 18.3 Å². The van der Waals surface area contributed by atoms with Gasteiger partial charge in [0.2, 0.25) is 5.78 Å². The number of hydrogen-bond acceptors (Lipinski definition) is 4. The standard InChI is InChI=1S/C18H15Br2N3O2/c19-9-5-18(6-10(20)16(9)24)2-4-22-15-12(18)13-11-8(1-3-21-13)7-23-14(11)17(15)25/h5-7,12,16,23-24H,1-4H2. The van der Waals surface area contributed by atoms with E-state index in [0.717, 1.165) is 36.2 Å². The van der Waals surface area contributed by atoms with E-state index in [0.29, 0.717) is 26.9 Å². The van der Waals surface area contributed by atoms with E-state index in [4.69, 9.17) is 4.99 Å². The van der Waals surface area contributed by atoms with E-state index in [9.17, 15) is 9.90 Å². The van der Waals surface area contributed by atoms with Crippen molar-refractivity contribution in [1.82, 2.24) is 4.98 Å². The highest BCUT2D eigenvalue weighted by Crippen LogP contribution is 2.50. The maximum absolute atomic E-state index is 13.1. The van der Waals surface area contributed by atoms with Crippen molar-refractivity contribution in [2.75, 3.05) is 13.1 Å². The van der Waals surface area contributed by atoms with Gasteiger partial charge in [0.25, 0.3) is 0 Å². The van der Waals surface area contributed by atoms with Crippen molar-refractivity contribution in [1.29, 1.82) is 0 Å². The van der Waals surface area contributed by atoms with Gasteiger partial charge in [0.15, 0.2) is 0 Å². The molecule has 1 atom stereocenters. The molecule has 0 fully saturated rings. The first-order valence-electron chi connectivity index (χ1n) is 8.30. The van der Waals surface area contributed by atoms with Gasteiger partial charge in [-0.2, -0.15) is 0 Å². The van der Waals surface area contributed by atoms with Crippen molar-refractivity contribution >= 4 is 49.1 Å². The summed E-state index contributed by atoms with van der Waals surface area (Å²) in [6.45, 7) is 1.31. The molecule has 0 radical (unpaired) electrons. The smallest absolute Gasteiger partial charge is 0.224 e. The molecule has 7 heteroatoms. The zero-order valence-corrected chi connectivity index (χ0v) is 16.4. The Labute approximate surface area is 161 Å². The summed E-state index contributed by atoms with van der Waals surface area (Å²) in [4.78, 5) is 25.6. The fourth-order valence-corrected chi connectivity index (χ4v) is 6.13. The van der Waals surface area contributed by atoms with Crippen molar-refractivity contribution in [3.63, 3.8) is 0 Å². The molecule has 2 aliphatic heterocycles. The molecule has 0 amide bonds. The Kier molecular flexibility index (Phi) is 3.40. The van der Waals surface area contributed by atoms with E-state index >= 15 is 0 Å². The highest BCUT2D eigenvalue weighted by Gasteiger charge is 2.52. The van der Waals surface area contributed by atoms with Gasteiger partial charge < -0.3 is 10.1 Å². The monoisotopic (exact) mass is 463 g/mol. The van der Waals surface area contributed by atoms with Crippen molar-refractivity contribution in [3.05, 3.63) is 44.1 Å². The van der Waals surface area contributed by atoms with Gasteiger partial charge in [-0.25, -0.2) is 0 Å². The molecule has 0 bridgehead atoms. The number of Topliss-reactive ketones (excluding diaryl/α,β-unsaturated/α-hetero) is 1. The minimum Gasteiger partial charge on any atom is -0.383 e. The molecule has 1 aromatic heterocycles. The van der Waals surface area contributed by atoms with Crippen LogP contribution >= 0.6 is 31.9 Å². The third-order valence-corrected chi connectivity index (χ3v) is 6.91. The number of nitrogens with one attached hydrogen (secondary N) is 1. The molecule has 4 aliphatic rings. The number of hydrogen-bond donors (Lipinski definition) is 2. The van der Waals surface area contributed by atoms with Crippen LogP contribution in [0.25, 0.3) is 0 Å². The third kappa shape index (κ3) is 2.06. The molecular formula is C18H15Br2N3O2. The lowest BCUT2D eigenvalue weighted by Gasteiger charge is -2.45. The minimum atomic E-state index is -0.695. The molecule has 2 aliphatic carbocycles. The first-order chi connectivity index (χ1) is 12.0. The Balaban J connectivity index is 1.77. The molecule has 1 unspecified atom stereocenters. The fourth-order valence-electron chi connectivity index (χ4n) is 4.48.